The molecule has 16 heavy (non-hydrogen) atoms. The number of aromatic nitrogens is 2. The van der Waals surface area contributed by atoms with Gasteiger partial charge in [-0.1, -0.05) is 0 Å². The maximum atomic E-state index is 11.7. The number of rotatable bonds is 4. The molecule has 5 nitrogen and oxygen atoms in total. The molecule has 0 bridgehead atoms. The van der Waals surface area contributed by atoms with Gasteiger partial charge in [0.15, 0.2) is 0 Å². The molecule has 0 fully saturated rings. The molecule has 1 aromatic heterocycles. The Morgan fingerprint density at radius 2 is 2.06 bits per heavy atom. The van der Waals surface area contributed by atoms with Gasteiger partial charge < -0.3 is 4.74 Å². The molecule has 0 radical (unpaired) electrons. The molecule has 1 atom stereocenters. The van der Waals surface area contributed by atoms with Crippen LogP contribution in [0.15, 0.2) is 0 Å². The highest BCUT2D eigenvalue weighted by molar-refractivity contribution is 5.78. The first-order valence-corrected chi connectivity index (χ1v) is 5.32. The van der Waals surface area contributed by atoms with Crippen LogP contribution in [-0.2, 0) is 9.53 Å². The summed E-state index contributed by atoms with van der Waals surface area (Å²) in [6.45, 7) is 7.74. The van der Waals surface area contributed by atoms with Crippen molar-refractivity contribution in [1.82, 2.24) is 15.5 Å². The zero-order valence-electron chi connectivity index (χ0n) is 10.4. The lowest BCUT2D eigenvalue weighted by atomic mass is 10.0. The molecule has 0 aliphatic heterocycles. The van der Waals surface area contributed by atoms with Gasteiger partial charge in [0.05, 0.1) is 12.8 Å². The van der Waals surface area contributed by atoms with E-state index in [0.29, 0.717) is 0 Å². The van der Waals surface area contributed by atoms with E-state index in [1.54, 1.807) is 0 Å². The Labute approximate surface area is 95.6 Å². The van der Waals surface area contributed by atoms with Crippen LogP contribution >= 0.6 is 0 Å². The second-order valence-corrected chi connectivity index (χ2v) is 4.13. The van der Waals surface area contributed by atoms with Gasteiger partial charge in [0, 0.05) is 17.3 Å². The van der Waals surface area contributed by atoms with Gasteiger partial charge in [-0.3, -0.25) is 10.4 Å². The van der Waals surface area contributed by atoms with Gasteiger partial charge in [-0.25, -0.2) is 4.79 Å². The summed E-state index contributed by atoms with van der Waals surface area (Å²) < 4.78 is 4.80. The number of hydrogen-bond donors (Lipinski definition) is 2. The van der Waals surface area contributed by atoms with Crippen molar-refractivity contribution in [2.75, 3.05) is 7.11 Å². The molecule has 0 aromatic carbocycles. The number of carbonyl (C=O) groups is 1. The Morgan fingerprint density at radius 1 is 1.44 bits per heavy atom. The number of ether oxygens (including phenoxy) is 1. The summed E-state index contributed by atoms with van der Waals surface area (Å²) >= 11 is 0. The zero-order valence-corrected chi connectivity index (χ0v) is 10.4. The summed E-state index contributed by atoms with van der Waals surface area (Å²) in [4.78, 5) is 11.7. The van der Waals surface area contributed by atoms with Crippen LogP contribution in [0.4, 0.5) is 0 Å². The van der Waals surface area contributed by atoms with Crippen LogP contribution in [0.1, 0.15) is 36.8 Å². The Hall–Kier alpha value is -1.36. The van der Waals surface area contributed by atoms with E-state index in [-0.39, 0.29) is 12.0 Å². The van der Waals surface area contributed by atoms with E-state index in [1.807, 2.05) is 27.7 Å². The largest absolute Gasteiger partial charge is 0.468 e. The predicted molar refractivity (Wildman–Crippen MR) is 61.1 cm³/mol. The van der Waals surface area contributed by atoms with Crippen molar-refractivity contribution in [2.45, 2.75) is 39.8 Å². The van der Waals surface area contributed by atoms with Crippen molar-refractivity contribution in [3.8, 4) is 0 Å². The Morgan fingerprint density at radius 3 is 2.44 bits per heavy atom. The van der Waals surface area contributed by atoms with Gasteiger partial charge in [0.25, 0.3) is 0 Å². The van der Waals surface area contributed by atoms with Crippen LogP contribution in [0.3, 0.4) is 0 Å². The minimum atomic E-state index is -0.455. The third-order valence-electron chi connectivity index (χ3n) is 2.41. The molecule has 1 heterocycles. The molecular formula is C11H19N3O2. The molecule has 0 aliphatic rings. The minimum Gasteiger partial charge on any atom is -0.468 e. The van der Waals surface area contributed by atoms with E-state index in [9.17, 15) is 4.79 Å². The summed E-state index contributed by atoms with van der Waals surface area (Å²) in [5.41, 5.74) is 2.59. The lowest BCUT2D eigenvalue weighted by Gasteiger charge is -2.19. The van der Waals surface area contributed by atoms with Crippen molar-refractivity contribution < 1.29 is 9.53 Å². The molecular weight excluding hydrogens is 206 g/mol. The van der Waals surface area contributed by atoms with E-state index >= 15 is 0 Å². The van der Waals surface area contributed by atoms with Gasteiger partial charge in [0.2, 0.25) is 0 Å². The fourth-order valence-electron chi connectivity index (χ4n) is 1.71. The van der Waals surface area contributed by atoms with E-state index in [4.69, 9.17) is 4.74 Å². The van der Waals surface area contributed by atoms with E-state index in [1.165, 1.54) is 7.11 Å². The Bertz CT molecular complexity index is 352. The van der Waals surface area contributed by atoms with Gasteiger partial charge in [-0.05, 0) is 27.7 Å². The van der Waals surface area contributed by atoms with Crippen LogP contribution in [0.2, 0.25) is 0 Å². The maximum Gasteiger partial charge on any atom is 0.327 e. The average molecular weight is 225 g/mol. The fraction of sp³-hybridized carbons (Fsp3) is 0.636. The summed E-state index contributed by atoms with van der Waals surface area (Å²) in [7, 11) is 1.39. The number of esters is 1. The van der Waals surface area contributed by atoms with E-state index in [0.717, 1.165) is 17.0 Å². The first kappa shape index (κ1) is 12.7. The maximum absolute atomic E-state index is 11.7. The lowest BCUT2D eigenvalue weighted by Crippen LogP contribution is -2.35. The molecule has 2 N–H and O–H groups in total. The van der Waals surface area contributed by atoms with Gasteiger partial charge in [-0.2, -0.15) is 5.10 Å². The minimum absolute atomic E-state index is 0.192. The van der Waals surface area contributed by atoms with Gasteiger partial charge in [0.1, 0.15) is 6.04 Å². The second-order valence-electron chi connectivity index (χ2n) is 4.13. The van der Waals surface area contributed by atoms with Gasteiger partial charge >= 0.3 is 5.97 Å². The third kappa shape index (κ3) is 2.61. The van der Waals surface area contributed by atoms with Crippen LogP contribution in [0.5, 0.6) is 0 Å². The van der Waals surface area contributed by atoms with E-state index < -0.39 is 6.04 Å². The number of nitrogens with zero attached hydrogens (tertiary/aromatic N) is 1. The quantitative estimate of drug-likeness (QED) is 0.756. The van der Waals surface area contributed by atoms with Crippen molar-refractivity contribution in [3.05, 3.63) is 17.0 Å². The molecule has 0 spiro atoms. The molecule has 90 valence electrons. The van der Waals surface area contributed by atoms with Crippen molar-refractivity contribution in [3.63, 3.8) is 0 Å². The number of H-pyrrole nitrogens is 1. The third-order valence-corrected chi connectivity index (χ3v) is 2.41. The highest BCUT2D eigenvalue weighted by Crippen LogP contribution is 2.21. The average Bonchev–Trinajstić information content (AvgIpc) is 2.54. The lowest BCUT2D eigenvalue weighted by molar-refractivity contribution is -0.143. The van der Waals surface area contributed by atoms with Crippen molar-refractivity contribution in [2.24, 2.45) is 0 Å². The number of aromatic amines is 1. The van der Waals surface area contributed by atoms with Gasteiger partial charge in [-0.15, -0.1) is 0 Å². The molecule has 1 rings (SSSR count). The first-order chi connectivity index (χ1) is 7.47. The Balaban J connectivity index is 3.05. The summed E-state index contributed by atoms with van der Waals surface area (Å²) in [5.74, 6) is -0.290. The molecule has 0 saturated carbocycles. The number of methoxy groups -OCH3 is 1. The number of carbonyl (C=O) groups excluding carboxylic acids is 1. The smallest absolute Gasteiger partial charge is 0.327 e. The highest BCUT2D eigenvalue weighted by Gasteiger charge is 2.26. The topological polar surface area (TPSA) is 67.0 Å². The molecule has 5 heteroatoms. The van der Waals surface area contributed by atoms with Crippen LogP contribution in [-0.4, -0.2) is 29.3 Å². The Kier molecular flexibility index (Phi) is 4.06. The SMILES string of the molecule is COC(=O)C(NC(C)C)c1c(C)n[nH]c1C. The van der Waals surface area contributed by atoms with Crippen molar-refractivity contribution in [1.29, 1.82) is 0 Å². The fourth-order valence-corrected chi connectivity index (χ4v) is 1.71. The number of aryl methyl sites for hydroxylation is 2. The first-order valence-electron chi connectivity index (χ1n) is 5.32. The normalized spacial score (nSPS) is 12.9. The monoisotopic (exact) mass is 225 g/mol. The molecule has 1 unspecified atom stereocenters. The zero-order chi connectivity index (χ0) is 12.3. The molecule has 0 aliphatic carbocycles. The summed E-state index contributed by atoms with van der Waals surface area (Å²) in [6, 6.07) is -0.262. The molecule has 1 aromatic rings. The standard InChI is InChI=1S/C11H19N3O2/c1-6(2)12-10(11(15)16-5)9-7(3)13-14-8(9)4/h6,10,12H,1-5H3,(H,13,14). The number of hydrogen-bond acceptors (Lipinski definition) is 4. The summed E-state index contributed by atoms with van der Waals surface area (Å²) in [5, 5.41) is 10.1. The van der Waals surface area contributed by atoms with Crippen LogP contribution in [0, 0.1) is 13.8 Å². The summed E-state index contributed by atoms with van der Waals surface area (Å²) in [6.07, 6.45) is 0. The highest BCUT2D eigenvalue weighted by atomic mass is 16.5. The predicted octanol–water partition coefficient (Wildman–Crippen LogP) is 1.24. The van der Waals surface area contributed by atoms with Crippen LogP contribution < -0.4 is 5.32 Å². The number of nitrogens with one attached hydrogen (secondary N) is 2. The second kappa shape index (κ2) is 5.12. The van der Waals surface area contributed by atoms with Crippen LogP contribution in [0.25, 0.3) is 0 Å². The van der Waals surface area contributed by atoms with E-state index in [2.05, 4.69) is 15.5 Å². The molecule has 0 amide bonds. The molecule has 0 saturated heterocycles. The van der Waals surface area contributed by atoms with Crippen molar-refractivity contribution >= 4 is 5.97 Å².